The fourth-order valence-electron chi connectivity index (χ4n) is 1.99. The van der Waals surface area contributed by atoms with Crippen molar-refractivity contribution in [2.24, 2.45) is 0 Å². The minimum absolute atomic E-state index is 0.0171. The van der Waals surface area contributed by atoms with Crippen LogP contribution in [0.1, 0.15) is 52.9 Å². The molecule has 96 valence electrons. The number of piperidine rings is 1. The van der Waals surface area contributed by atoms with E-state index >= 15 is 0 Å². The van der Waals surface area contributed by atoms with Crippen molar-refractivity contribution in [3.05, 3.63) is 0 Å². The molecule has 1 heterocycles. The summed E-state index contributed by atoms with van der Waals surface area (Å²) in [5, 5.41) is 13.5. The molecule has 3 heteroatoms. The van der Waals surface area contributed by atoms with Gasteiger partial charge in [0.1, 0.15) is 0 Å². The number of ether oxygens (including phenoxy) is 1. The maximum Gasteiger partial charge on any atom is 0.0672 e. The largest absolute Gasteiger partial charge is 0.390 e. The van der Waals surface area contributed by atoms with Gasteiger partial charge in [-0.05, 0) is 59.0 Å². The van der Waals surface area contributed by atoms with Crippen LogP contribution in [0.4, 0.5) is 0 Å². The molecule has 1 saturated heterocycles. The lowest BCUT2D eigenvalue weighted by molar-refractivity contribution is -0.0413. The number of hydrogen-bond acceptors (Lipinski definition) is 3. The first-order valence-electron chi connectivity index (χ1n) is 6.54. The Balaban J connectivity index is 2.15. The standard InChI is InChI=1S/C13H27NO2/c1-4-12(2,3)16-11-5-6-13(15)7-9-14-10-8-13/h14-15H,4-11H2,1-3H3. The Labute approximate surface area is 99.6 Å². The molecule has 0 aromatic heterocycles. The molecule has 0 spiro atoms. The summed E-state index contributed by atoms with van der Waals surface area (Å²) in [5.74, 6) is 0. The molecule has 16 heavy (non-hydrogen) atoms. The molecule has 0 aliphatic carbocycles. The summed E-state index contributed by atoms with van der Waals surface area (Å²) in [5.41, 5.74) is -0.457. The summed E-state index contributed by atoms with van der Waals surface area (Å²) in [6, 6.07) is 0. The zero-order valence-electron chi connectivity index (χ0n) is 11.0. The van der Waals surface area contributed by atoms with Crippen molar-refractivity contribution in [3.63, 3.8) is 0 Å². The van der Waals surface area contributed by atoms with E-state index in [1.54, 1.807) is 0 Å². The van der Waals surface area contributed by atoms with Crippen LogP contribution in [0.3, 0.4) is 0 Å². The first-order chi connectivity index (χ1) is 7.47. The van der Waals surface area contributed by atoms with E-state index in [1.807, 2.05) is 0 Å². The molecule has 2 N–H and O–H groups in total. The quantitative estimate of drug-likeness (QED) is 0.685. The highest BCUT2D eigenvalue weighted by Crippen LogP contribution is 2.24. The van der Waals surface area contributed by atoms with Gasteiger partial charge in [0.05, 0.1) is 11.2 Å². The Hall–Kier alpha value is -0.120. The second kappa shape index (κ2) is 5.99. The average Bonchev–Trinajstić information content (AvgIpc) is 2.26. The van der Waals surface area contributed by atoms with Gasteiger partial charge in [-0.1, -0.05) is 6.92 Å². The van der Waals surface area contributed by atoms with E-state index in [9.17, 15) is 5.11 Å². The molecule has 0 aromatic carbocycles. The summed E-state index contributed by atoms with van der Waals surface area (Å²) < 4.78 is 5.79. The highest BCUT2D eigenvalue weighted by molar-refractivity contribution is 4.84. The summed E-state index contributed by atoms with van der Waals surface area (Å²) in [4.78, 5) is 0. The lowest BCUT2D eigenvalue weighted by Gasteiger charge is -2.33. The second-order valence-corrected chi connectivity index (χ2v) is 5.54. The van der Waals surface area contributed by atoms with Gasteiger partial charge in [0.25, 0.3) is 0 Å². The van der Waals surface area contributed by atoms with Gasteiger partial charge in [-0.3, -0.25) is 0 Å². The molecule has 1 rings (SSSR count). The van der Waals surface area contributed by atoms with Gasteiger partial charge in [0.15, 0.2) is 0 Å². The molecule has 0 amide bonds. The van der Waals surface area contributed by atoms with Gasteiger partial charge in [-0.2, -0.15) is 0 Å². The van der Waals surface area contributed by atoms with Crippen molar-refractivity contribution in [1.29, 1.82) is 0 Å². The van der Waals surface area contributed by atoms with Gasteiger partial charge in [0, 0.05) is 6.61 Å². The van der Waals surface area contributed by atoms with Gasteiger partial charge in [-0.25, -0.2) is 0 Å². The van der Waals surface area contributed by atoms with Crippen molar-refractivity contribution in [2.45, 2.75) is 64.1 Å². The third-order valence-corrected chi connectivity index (χ3v) is 3.66. The monoisotopic (exact) mass is 229 g/mol. The van der Waals surface area contributed by atoms with E-state index in [0.29, 0.717) is 0 Å². The fraction of sp³-hybridized carbons (Fsp3) is 1.00. The van der Waals surface area contributed by atoms with Crippen LogP contribution in [0, 0.1) is 0 Å². The van der Waals surface area contributed by atoms with Crippen LogP contribution in [-0.4, -0.2) is 36.0 Å². The van der Waals surface area contributed by atoms with Crippen molar-refractivity contribution in [2.75, 3.05) is 19.7 Å². The molecule has 1 fully saturated rings. The molecule has 0 saturated carbocycles. The molecular formula is C13H27NO2. The SMILES string of the molecule is CCC(C)(C)OCCCC1(O)CCNCC1. The van der Waals surface area contributed by atoms with E-state index < -0.39 is 5.60 Å². The fourth-order valence-corrected chi connectivity index (χ4v) is 1.99. The van der Waals surface area contributed by atoms with Crippen LogP contribution in [0.15, 0.2) is 0 Å². The van der Waals surface area contributed by atoms with E-state index in [2.05, 4.69) is 26.1 Å². The maximum atomic E-state index is 10.3. The lowest BCUT2D eigenvalue weighted by Crippen LogP contribution is -2.42. The maximum absolute atomic E-state index is 10.3. The smallest absolute Gasteiger partial charge is 0.0672 e. The Bertz CT molecular complexity index is 198. The zero-order chi connectivity index (χ0) is 12.1. The predicted octanol–water partition coefficient (Wildman–Crippen LogP) is 2.09. The minimum Gasteiger partial charge on any atom is -0.390 e. The molecule has 0 aromatic rings. The lowest BCUT2D eigenvalue weighted by atomic mass is 9.88. The molecule has 0 atom stereocenters. The molecule has 1 aliphatic rings. The molecule has 3 nitrogen and oxygen atoms in total. The second-order valence-electron chi connectivity index (χ2n) is 5.54. The summed E-state index contributed by atoms with van der Waals surface area (Å²) >= 11 is 0. The first kappa shape index (κ1) is 13.9. The van der Waals surface area contributed by atoms with Crippen LogP contribution < -0.4 is 5.32 Å². The van der Waals surface area contributed by atoms with Crippen molar-refractivity contribution >= 4 is 0 Å². The molecular weight excluding hydrogens is 202 g/mol. The number of aliphatic hydroxyl groups is 1. The van der Waals surface area contributed by atoms with E-state index in [1.165, 1.54) is 0 Å². The van der Waals surface area contributed by atoms with Gasteiger partial charge in [0.2, 0.25) is 0 Å². The van der Waals surface area contributed by atoms with Gasteiger partial charge in [-0.15, -0.1) is 0 Å². The van der Waals surface area contributed by atoms with Crippen LogP contribution in [-0.2, 0) is 4.74 Å². The summed E-state index contributed by atoms with van der Waals surface area (Å²) in [6.45, 7) is 9.02. The van der Waals surface area contributed by atoms with Crippen LogP contribution in [0.5, 0.6) is 0 Å². The topological polar surface area (TPSA) is 41.5 Å². The first-order valence-corrected chi connectivity index (χ1v) is 6.54. The number of rotatable bonds is 6. The highest BCUT2D eigenvalue weighted by atomic mass is 16.5. The number of hydrogen-bond donors (Lipinski definition) is 2. The highest BCUT2D eigenvalue weighted by Gasteiger charge is 2.28. The molecule has 0 bridgehead atoms. The van der Waals surface area contributed by atoms with Crippen molar-refractivity contribution < 1.29 is 9.84 Å². The molecule has 0 unspecified atom stereocenters. The number of nitrogens with one attached hydrogen (secondary N) is 1. The van der Waals surface area contributed by atoms with E-state index in [0.717, 1.165) is 51.8 Å². The normalized spacial score (nSPS) is 21.0. The predicted molar refractivity (Wildman–Crippen MR) is 66.6 cm³/mol. The average molecular weight is 229 g/mol. The van der Waals surface area contributed by atoms with E-state index in [-0.39, 0.29) is 5.60 Å². The van der Waals surface area contributed by atoms with Crippen LogP contribution in [0.2, 0.25) is 0 Å². The van der Waals surface area contributed by atoms with Gasteiger partial charge >= 0.3 is 0 Å². The van der Waals surface area contributed by atoms with Gasteiger partial charge < -0.3 is 15.2 Å². The minimum atomic E-state index is -0.440. The summed E-state index contributed by atoms with van der Waals surface area (Å²) in [7, 11) is 0. The molecule has 0 radical (unpaired) electrons. The van der Waals surface area contributed by atoms with Crippen LogP contribution in [0.25, 0.3) is 0 Å². The summed E-state index contributed by atoms with van der Waals surface area (Å²) in [6.07, 6.45) is 4.62. The van der Waals surface area contributed by atoms with E-state index in [4.69, 9.17) is 4.74 Å². The Morgan fingerprint density at radius 1 is 1.31 bits per heavy atom. The van der Waals surface area contributed by atoms with Crippen LogP contribution >= 0.6 is 0 Å². The third-order valence-electron chi connectivity index (χ3n) is 3.66. The molecule has 1 aliphatic heterocycles. The Morgan fingerprint density at radius 3 is 2.50 bits per heavy atom. The van der Waals surface area contributed by atoms with Crippen molar-refractivity contribution in [3.8, 4) is 0 Å². The Kier molecular flexibility index (Phi) is 5.22. The van der Waals surface area contributed by atoms with Crippen molar-refractivity contribution in [1.82, 2.24) is 5.32 Å². The third kappa shape index (κ3) is 4.81. The zero-order valence-corrected chi connectivity index (χ0v) is 11.0. The Morgan fingerprint density at radius 2 is 1.94 bits per heavy atom.